The van der Waals surface area contributed by atoms with Crippen LogP contribution in [0.2, 0.25) is 0 Å². The molecule has 1 amide bonds. The van der Waals surface area contributed by atoms with Crippen LogP contribution in [0.1, 0.15) is 11.4 Å². The van der Waals surface area contributed by atoms with Gasteiger partial charge in [0.2, 0.25) is 5.91 Å². The second-order valence-corrected chi connectivity index (χ2v) is 4.52. The number of nitrogens with zero attached hydrogens (tertiary/aromatic N) is 3. The smallest absolute Gasteiger partial charge is 0.244 e. The Kier molecular flexibility index (Phi) is 3.17. The lowest BCUT2D eigenvalue weighted by Crippen LogP contribution is -2.33. The number of aliphatic hydroxyl groups is 2. The van der Waals surface area contributed by atoms with Crippen LogP contribution in [-0.4, -0.2) is 56.1 Å². The van der Waals surface area contributed by atoms with Crippen molar-refractivity contribution in [2.24, 2.45) is 0 Å². The average molecular weight is 239 g/mol. The molecule has 1 aliphatic heterocycles. The predicted molar refractivity (Wildman–Crippen MR) is 60.3 cm³/mol. The minimum Gasteiger partial charge on any atom is -0.388 e. The Hall–Kier alpha value is -1.40. The lowest BCUT2D eigenvalue weighted by Gasteiger charge is -2.15. The fourth-order valence-corrected chi connectivity index (χ4v) is 2.04. The SMILES string of the molecule is Cc1cc(C)n(CC(=O)N2C[C@@H](O)[C@@H](O)C2)n1. The molecule has 0 aromatic carbocycles. The Balaban J connectivity index is 2.00. The topological polar surface area (TPSA) is 78.6 Å². The quantitative estimate of drug-likeness (QED) is 0.698. The molecule has 2 rings (SSSR count). The molecule has 2 atom stereocenters. The zero-order valence-corrected chi connectivity index (χ0v) is 10.00. The van der Waals surface area contributed by atoms with Gasteiger partial charge in [0.25, 0.3) is 0 Å². The van der Waals surface area contributed by atoms with E-state index < -0.39 is 12.2 Å². The summed E-state index contributed by atoms with van der Waals surface area (Å²) < 4.78 is 1.63. The third-order valence-corrected chi connectivity index (χ3v) is 3.00. The van der Waals surface area contributed by atoms with E-state index in [4.69, 9.17) is 0 Å². The summed E-state index contributed by atoms with van der Waals surface area (Å²) in [4.78, 5) is 13.4. The van der Waals surface area contributed by atoms with Crippen molar-refractivity contribution in [2.45, 2.75) is 32.6 Å². The van der Waals surface area contributed by atoms with Crippen molar-refractivity contribution in [2.75, 3.05) is 13.1 Å². The lowest BCUT2D eigenvalue weighted by molar-refractivity contribution is -0.131. The van der Waals surface area contributed by atoms with Crippen LogP contribution in [0.15, 0.2) is 6.07 Å². The summed E-state index contributed by atoms with van der Waals surface area (Å²) in [7, 11) is 0. The van der Waals surface area contributed by atoms with Crippen LogP contribution in [0.5, 0.6) is 0 Å². The van der Waals surface area contributed by atoms with E-state index in [-0.39, 0.29) is 25.5 Å². The van der Waals surface area contributed by atoms with E-state index in [0.29, 0.717) is 0 Å². The number of carbonyl (C=O) groups excluding carboxylic acids is 1. The molecule has 2 heterocycles. The Morgan fingerprint density at radius 2 is 2.00 bits per heavy atom. The fourth-order valence-electron chi connectivity index (χ4n) is 2.04. The van der Waals surface area contributed by atoms with Crippen LogP contribution in [-0.2, 0) is 11.3 Å². The van der Waals surface area contributed by atoms with Crippen molar-refractivity contribution in [3.8, 4) is 0 Å². The van der Waals surface area contributed by atoms with Gasteiger partial charge in [-0.15, -0.1) is 0 Å². The van der Waals surface area contributed by atoms with Gasteiger partial charge in [0.15, 0.2) is 0 Å². The van der Waals surface area contributed by atoms with Gasteiger partial charge in [0.05, 0.1) is 17.9 Å². The largest absolute Gasteiger partial charge is 0.388 e. The number of β-amino-alcohol motifs (C(OH)–C–C–N with tert-alkyl or cyclic N) is 2. The van der Waals surface area contributed by atoms with Gasteiger partial charge in [-0.3, -0.25) is 9.48 Å². The number of likely N-dealkylation sites (tertiary alicyclic amines) is 1. The Bertz CT molecular complexity index is 420. The molecule has 0 saturated carbocycles. The van der Waals surface area contributed by atoms with E-state index in [0.717, 1.165) is 11.4 Å². The van der Waals surface area contributed by atoms with Crippen molar-refractivity contribution in [3.05, 3.63) is 17.5 Å². The highest BCUT2D eigenvalue weighted by Gasteiger charge is 2.32. The summed E-state index contributed by atoms with van der Waals surface area (Å²) in [6, 6.07) is 1.90. The minimum atomic E-state index is -0.834. The molecule has 1 aromatic rings. The Morgan fingerprint density at radius 1 is 1.41 bits per heavy atom. The van der Waals surface area contributed by atoms with E-state index in [9.17, 15) is 15.0 Å². The molecule has 17 heavy (non-hydrogen) atoms. The van der Waals surface area contributed by atoms with Crippen molar-refractivity contribution in [1.29, 1.82) is 0 Å². The molecule has 0 bridgehead atoms. The number of aryl methyl sites for hydroxylation is 2. The van der Waals surface area contributed by atoms with Crippen molar-refractivity contribution < 1.29 is 15.0 Å². The normalized spacial score (nSPS) is 24.4. The van der Waals surface area contributed by atoms with E-state index in [1.807, 2.05) is 19.9 Å². The molecule has 6 heteroatoms. The van der Waals surface area contributed by atoms with Crippen LogP contribution in [0.4, 0.5) is 0 Å². The van der Waals surface area contributed by atoms with Gasteiger partial charge in [-0.2, -0.15) is 5.10 Å². The van der Waals surface area contributed by atoms with Crippen LogP contribution in [0.25, 0.3) is 0 Å². The second-order valence-electron chi connectivity index (χ2n) is 4.52. The number of carbonyl (C=O) groups is 1. The molecular weight excluding hydrogens is 222 g/mol. The van der Waals surface area contributed by atoms with Gasteiger partial charge in [0, 0.05) is 18.8 Å². The van der Waals surface area contributed by atoms with Crippen LogP contribution < -0.4 is 0 Å². The van der Waals surface area contributed by atoms with E-state index in [1.165, 1.54) is 4.90 Å². The third-order valence-electron chi connectivity index (χ3n) is 3.00. The molecule has 0 aliphatic carbocycles. The molecule has 1 fully saturated rings. The third kappa shape index (κ3) is 2.48. The van der Waals surface area contributed by atoms with Crippen molar-refractivity contribution >= 4 is 5.91 Å². The molecule has 2 N–H and O–H groups in total. The van der Waals surface area contributed by atoms with Gasteiger partial charge >= 0.3 is 0 Å². The number of amides is 1. The number of hydrogen-bond donors (Lipinski definition) is 2. The minimum absolute atomic E-state index is 0.133. The molecule has 0 radical (unpaired) electrons. The Labute approximate surface area is 99.5 Å². The zero-order valence-electron chi connectivity index (χ0n) is 10.00. The average Bonchev–Trinajstić information content (AvgIpc) is 2.72. The van der Waals surface area contributed by atoms with Gasteiger partial charge in [-0.05, 0) is 19.9 Å². The standard InChI is InChI=1S/C11H17N3O3/c1-7-3-8(2)14(12-7)6-11(17)13-4-9(15)10(16)5-13/h3,9-10,15-16H,4-6H2,1-2H3/t9-,10+. The maximum Gasteiger partial charge on any atom is 0.244 e. The molecule has 6 nitrogen and oxygen atoms in total. The summed E-state index contributed by atoms with van der Waals surface area (Å²) >= 11 is 0. The highest BCUT2D eigenvalue weighted by Crippen LogP contribution is 2.11. The summed E-state index contributed by atoms with van der Waals surface area (Å²) in [5.41, 5.74) is 1.80. The lowest BCUT2D eigenvalue weighted by atomic mass is 10.3. The molecule has 1 saturated heterocycles. The summed E-state index contributed by atoms with van der Waals surface area (Å²) in [6.45, 7) is 4.30. The number of hydrogen-bond acceptors (Lipinski definition) is 4. The van der Waals surface area contributed by atoms with Gasteiger partial charge in [-0.1, -0.05) is 0 Å². The molecular formula is C11H17N3O3. The molecule has 0 unspecified atom stereocenters. The first-order valence-electron chi connectivity index (χ1n) is 5.62. The van der Waals surface area contributed by atoms with Crippen molar-refractivity contribution in [3.63, 3.8) is 0 Å². The van der Waals surface area contributed by atoms with Crippen LogP contribution in [0.3, 0.4) is 0 Å². The first kappa shape index (κ1) is 12.1. The van der Waals surface area contributed by atoms with E-state index in [1.54, 1.807) is 4.68 Å². The number of aliphatic hydroxyl groups excluding tert-OH is 2. The van der Waals surface area contributed by atoms with Crippen LogP contribution >= 0.6 is 0 Å². The zero-order chi connectivity index (χ0) is 12.6. The highest BCUT2D eigenvalue weighted by molar-refractivity contribution is 5.76. The molecule has 94 valence electrons. The Morgan fingerprint density at radius 3 is 2.47 bits per heavy atom. The summed E-state index contributed by atoms with van der Waals surface area (Å²) in [5, 5.41) is 23.0. The molecule has 1 aromatic heterocycles. The highest BCUT2D eigenvalue weighted by atomic mass is 16.3. The van der Waals surface area contributed by atoms with Gasteiger partial charge in [0.1, 0.15) is 6.54 Å². The number of aromatic nitrogens is 2. The first-order valence-corrected chi connectivity index (χ1v) is 5.62. The van der Waals surface area contributed by atoms with Crippen LogP contribution in [0, 0.1) is 13.8 Å². The van der Waals surface area contributed by atoms with E-state index >= 15 is 0 Å². The summed E-state index contributed by atoms with van der Waals surface area (Å²) in [6.07, 6.45) is -1.67. The number of rotatable bonds is 2. The van der Waals surface area contributed by atoms with Gasteiger partial charge in [-0.25, -0.2) is 0 Å². The predicted octanol–water partition coefficient (Wildman–Crippen LogP) is -0.936. The molecule has 1 aliphatic rings. The monoisotopic (exact) mass is 239 g/mol. The molecule has 0 spiro atoms. The summed E-state index contributed by atoms with van der Waals surface area (Å²) in [5.74, 6) is -0.133. The van der Waals surface area contributed by atoms with Crippen molar-refractivity contribution in [1.82, 2.24) is 14.7 Å². The maximum atomic E-state index is 11.9. The van der Waals surface area contributed by atoms with E-state index in [2.05, 4.69) is 5.10 Å². The first-order chi connectivity index (χ1) is 7.97. The van der Waals surface area contributed by atoms with Gasteiger partial charge < -0.3 is 15.1 Å². The second kappa shape index (κ2) is 4.46. The fraction of sp³-hybridized carbons (Fsp3) is 0.636. The maximum absolute atomic E-state index is 11.9.